The van der Waals surface area contributed by atoms with Crippen LogP contribution in [0.1, 0.15) is 11.3 Å². The molecule has 1 saturated heterocycles. The first-order valence-corrected chi connectivity index (χ1v) is 8.01. The first-order chi connectivity index (χ1) is 9.75. The molecule has 2 heterocycles. The third kappa shape index (κ3) is 3.66. The molecule has 114 valence electrons. The zero-order valence-corrected chi connectivity index (χ0v) is 15.2. The van der Waals surface area contributed by atoms with Crippen LogP contribution in [-0.4, -0.2) is 35.5 Å². The van der Waals surface area contributed by atoms with Crippen LogP contribution in [0.4, 0.5) is 0 Å². The van der Waals surface area contributed by atoms with Gasteiger partial charge in [-0.2, -0.15) is 11.8 Å². The zero-order chi connectivity index (χ0) is 13.9. The molecule has 1 aliphatic heterocycles. The number of nitrogens with zero attached hydrogens (tertiary/aromatic N) is 2. The fraction of sp³-hybridized carbons (Fsp3) is 0.400. The monoisotopic (exact) mass is 417 g/mol. The summed E-state index contributed by atoms with van der Waals surface area (Å²) < 4.78 is 5.85. The van der Waals surface area contributed by atoms with Gasteiger partial charge in [0.05, 0.1) is 0 Å². The lowest BCUT2D eigenvalue weighted by atomic mass is 10.1. The van der Waals surface area contributed by atoms with Gasteiger partial charge in [0, 0.05) is 35.5 Å². The number of rotatable bonds is 2. The number of aliphatic imine (C=N–C) groups is 1. The van der Waals surface area contributed by atoms with Crippen molar-refractivity contribution >= 4 is 52.7 Å². The van der Waals surface area contributed by atoms with E-state index in [0.29, 0.717) is 12.5 Å². The Morgan fingerprint density at radius 2 is 2.05 bits per heavy atom. The number of fused-ring (bicyclic) bond motifs is 1. The van der Waals surface area contributed by atoms with Crippen molar-refractivity contribution in [3.63, 3.8) is 0 Å². The Kier molecular flexibility index (Phi) is 5.80. The molecule has 2 N–H and O–H groups in total. The van der Waals surface area contributed by atoms with Crippen LogP contribution >= 0.6 is 35.7 Å². The summed E-state index contributed by atoms with van der Waals surface area (Å²) in [4.78, 5) is 6.64. The molecule has 1 aromatic heterocycles. The number of benzene rings is 1. The quantitative estimate of drug-likeness (QED) is 0.463. The summed E-state index contributed by atoms with van der Waals surface area (Å²) in [6, 6.07) is 8.07. The molecule has 1 aliphatic rings. The van der Waals surface area contributed by atoms with Crippen LogP contribution in [0.2, 0.25) is 0 Å². The molecule has 0 radical (unpaired) electrons. The van der Waals surface area contributed by atoms with Crippen LogP contribution in [0.3, 0.4) is 0 Å². The number of thioether (sulfide) groups is 1. The van der Waals surface area contributed by atoms with Gasteiger partial charge < -0.3 is 15.1 Å². The number of para-hydroxylation sites is 1. The lowest BCUT2D eigenvalue weighted by Crippen LogP contribution is -2.42. The smallest absolute Gasteiger partial charge is 0.191 e. The van der Waals surface area contributed by atoms with E-state index in [1.807, 2.05) is 30.0 Å². The molecule has 4 nitrogen and oxygen atoms in total. The molecule has 0 saturated carbocycles. The Bertz CT molecular complexity index is 635. The lowest BCUT2D eigenvalue weighted by Gasteiger charge is -2.27. The number of guanidine groups is 1. The van der Waals surface area contributed by atoms with E-state index in [4.69, 9.17) is 10.2 Å². The molecule has 0 unspecified atom stereocenters. The average molecular weight is 417 g/mol. The lowest BCUT2D eigenvalue weighted by molar-refractivity contribution is 0.453. The minimum absolute atomic E-state index is 0. The van der Waals surface area contributed by atoms with Crippen LogP contribution in [0.5, 0.6) is 0 Å². The van der Waals surface area contributed by atoms with Crippen molar-refractivity contribution in [2.24, 2.45) is 10.7 Å². The number of hydrogen-bond acceptors (Lipinski definition) is 3. The van der Waals surface area contributed by atoms with Crippen molar-refractivity contribution in [3.8, 4) is 0 Å². The van der Waals surface area contributed by atoms with E-state index in [9.17, 15) is 0 Å². The Morgan fingerprint density at radius 1 is 1.33 bits per heavy atom. The largest absolute Gasteiger partial charge is 0.459 e. The van der Waals surface area contributed by atoms with E-state index < -0.39 is 0 Å². The van der Waals surface area contributed by atoms with E-state index in [0.717, 1.165) is 46.9 Å². The average Bonchev–Trinajstić information content (AvgIpc) is 2.83. The summed E-state index contributed by atoms with van der Waals surface area (Å²) in [5.41, 5.74) is 8.14. The second kappa shape index (κ2) is 7.40. The summed E-state index contributed by atoms with van der Waals surface area (Å²) >= 11 is 1.97. The number of nitrogens with two attached hydrogens (primary N) is 1. The van der Waals surface area contributed by atoms with Crippen LogP contribution in [-0.2, 0) is 6.54 Å². The normalized spacial score (nSPS) is 16.0. The Balaban J connectivity index is 0.00000161. The number of hydrogen-bond donors (Lipinski definition) is 1. The molecule has 0 aliphatic carbocycles. The van der Waals surface area contributed by atoms with Crippen molar-refractivity contribution in [3.05, 3.63) is 35.6 Å². The second-order valence-corrected chi connectivity index (χ2v) is 6.14. The Hall–Kier alpha value is -0.890. The SMILES string of the molecule is Cc1c(CN=C(N)N2CCSCC2)oc2ccccc12.I. The van der Waals surface area contributed by atoms with E-state index in [1.165, 1.54) is 0 Å². The van der Waals surface area contributed by atoms with Crippen LogP contribution in [0.15, 0.2) is 33.7 Å². The topological polar surface area (TPSA) is 54.8 Å². The van der Waals surface area contributed by atoms with Crippen LogP contribution in [0, 0.1) is 6.92 Å². The predicted octanol–water partition coefficient (Wildman–Crippen LogP) is 3.22. The van der Waals surface area contributed by atoms with Gasteiger partial charge in [-0.05, 0) is 13.0 Å². The maximum absolute atomic E-state index is 6.07. The van der Waals surface area contributed by atoms with Gasteiger partial charge >= 0.3 is 0 Å². The summed E-state index contributed by atoms with van der Waals surface area (Å²) in [5.74, 6) is 3.78. The van der Waals surface area contributed by atoms with Crippen molar-refractivity contribution in [1.29, 1.82) is 0 Å². The van der Waals surface area contributed by atoms with E-state index >= 15 is 0 Å². The molecular formula is C15H20IN3OS. The fourth-order valence-electron chi connectivity index (χ4n) is 2.42. The molecule has 1 fully saturated rings. The molecule has 1 aromatic carbocycles. The maximum atomic E-state index is 6.07. The van der Waals surface area contributed by atoms with E-state index in [1.54, 1.807) is 0 Å². The molecule has 21 heavy (non-hydrogen) atoms. The first-order valence-electron chi connectivity index (χ1n) is 6.85. The van der Waals surface area contributed by atoms with Crippen molar-refractivity contribution < 1.29 is 4.42 Å². The molecular weight excluding hydrogens is 397 g/mol. The van der Waals surface area contributed by atoms with E-state index in [-0.39, 0.29) is 24.0 Å². The highest BCUT2D eigenvalue weighted by Crippen LogP contribution is 2.25. The van der Waals surface area contributed by atoms with Gasteiger partial charge in [0.15, 0.2) is 5.96 Å². The minimum Gasteiger partial charge on any atom is -0.459 e. The molecule has 0 bridgehead atoms. The van der Waals surface area contributed by atoms with Gasteiger partial charge in [-0.3, -0.25) is 0 Å². The second-order valence-electron chi connectivity index (χ2n) is 4.92. The minimum atomic E-state index is 0. The number of halogens is 1. The third-order valence-corrected chi connectivity index (χ3v) is 4.60. The van der Waals surface area contributed by atoms with Gasteiger partial charge in [0.25, 0.3) is 0 Å². The highest BCUT2D eigenvalue weighted by atomic mass is 127. The molecule has 0 atom stereocenters. The number of furan rings is 1. The molecule has 2 aromatic rings. The number of aryl methyl sites for hydroxylation is 1. The third-order valence-electron chi connectivity index (χ3n) is 3.66. The highest BCUT2D eigenvalue weighted by Gasteiger charge is 2.13. The van der Waals surface area contributed by atoms with Gasteiger partial charge in [-0.1, -0.05) is 18.2 Å². The summed E-state index contributed by atoms with van der Waals surface area (Å²) in [7, 11) is 0. The maximum Gasteiger partial charge on any atom is 0.191 e. The van der Waals surface area contributed by atoms with Gasteiger partial charge in [-0.25, -0.2) is 4.99 Å². The highest BCUT2D eigenvalue weighted by molar-refractivity contribution is 14.0. The molecule has 6 heteroatoms. The summed E-state index contributed by atoms with van der Waals surface area (Å²) in [6.07, 6.45) is 0. The standard InChI is InChI=1S/C15H19N3OS.HI/c1-11-12-4-2-3-5-13(12)19-14(11)10-17-15(16)18-6-8-20-9-7-18;/h2-5H,6-10H2,1H3,(H2,16,17);1H. The van der Waals surface area contributed by atoms with Crippen molar-refractivity contribution in [2.75, 3.05) is 24.6 Å². The van der Waals surface area contributed by atoms with Crippen molar-refractivity contribution in [2.45, 2.75) is 13.5 Å². The van der Waals surface area contributed by atoms with Gasteiger partial charge in [0.2, 0.25) is 0 Å². The summed E-state index contributed by atoms with van der Waals surface area (Å²) in [5, 5.41) is 1.16. The van der Waals surface area contributed by atoms with E-state index in [2.05, 4.69) is 22.9 Å². The first kappa shape index (κ1) is 16.5. The fourth-order valence-corrected chi connectivity index (χ4v) is 3.32. The van der Waals surface area contributed by atoms with Crippen molar-refractivity contribution in [1.82, 2.24) is 4.90 Å². The molecule has 0 amide bonds. The zero-order valence-electron chi connectivity index (χ0n) is 12.0. The Labute approximate surface area is 146 Å². The van der Waals surface area contributed by atoms with Crippen LogP contribution in [0.25, 0.3) is 11.0 Å². The van der Waals surface area contributed by atoms with Gasteiger partial charge in [-0.15, -0.1) is 24.0 Å². The molecule has 0 spiro atoms. The molecule has 3 rings (SSSR count). The Morgan fingerprint density at radius 3 is 2.76 bits per heavy atom. The predicted molar refractivity (Wildman–Crippen MR) is 101 cm³/mol. The van der Waals surface area contributed by atoms with Gasteiger partial charge in [0.1, 0.15) is 17.9 Å². The summed E-state index contributed by atoms with van der Waals surface area (Å²) in [6.45, 7) is 4.55. The van der Waals surface area contributed by atoms with Crippen LogP contribution < -0.4 is 5.73 Å².